The molecule has 0 amide bonds. The second-order valence-corrected chi connectivity index (χ2v) is 4.24. The van der Waals surface area contributed by atoms with Crippen LogP contribution in [0.25, 0.3) is 0 Å². The average Bonchev–Trinajstić information content (AvgIpc) is 2.40. The molecule has 0 saturated carbocycles. The Bertz CT molecular complexity index is 511. The number of hydrogen-bond acceptors (Lipinski definition) is 3. The van der Waals surface area contributed by atoms with Crippen molar-refractivity contribution in [3.05, 3.63) is 35.1 Å². The number of rotatable bonds is 5. The Hall–Kier alpha value is -1.88. The number of nitrogens with zero attached hydrogens (tertiary/aromatic N) is 2. The van der Waals surface area contributed by atoms with E-state index >= 15 is 0 Å². The van der Waals surface area contributed by atoms with Crippen molar-refractivity contribution in [3.63, 3.8) is 0 Å². The molecule has 0 unspecified atom stereocenters. The molecule has 0 spiro atoms. The van der Waals surface area contributed by atoms with Crippen LogP contribution in [0.1, 0.15) is 24.0 Å². The summed E-state index contributed by atoms with van der Waals surface area (Å²) in [4.78, 5) is 2.00. The summed E-state index contributed by atoms with van der Waals surface area (Å²) in [6, 6.07) is 6.92. The molecule has 0 aliphatic rings. The number of aliphatic hydroxyl groups is 1. The van der Waals surface area contributed by atoms with E-state index in [1.54, 1.807) is 12.1 Å². The van der Waals surface area contributed by atoms with Crippen LogP contribution in [-0.4, -0.2) is 30.2 Å². The maximum Gasteiger partial charge on any atom is 0.138 e. The summed E-state index contributed by atoms with van der Waals surface area (Å²) in [6.45, 7) is 1.31. The summed E-state index contributed by atoms with van der Waals surface area (Å²) in [7, 11) is 1.91. The van der Waals surface area contributed by atoms with Crippen molar-refractivity contribution in [2.24, 2.45) is 0 Å². The third-order valence-corrected chi connectivity index (χ3v) is 2.55. The fraction of sp³-hybridized carbons (Fsp3) is 0.400. The molecule has 0 aromatic heterocycles. The van der Waals surface area contributed by atoms with E-state index in [1.165, 1.54) is 6.07 Å². The second kappa shape index (κ2) is 8.26. The van der Waals surface area contributed by atoms with Gasteiger partial charge < -0.3 is 10.0 Å². The van der Waals surface area contributed by atoms with Crippen molar-refractivity contribution in [3.8, 4) is 17.9 Å². The summed E-state index contributed by atoms with van der Waals surface area (Å²) < 4.78 is 13.5. The second-order valence-electron chi connectivity index (χ2n) is 4.24. The van der Waals surface area contributed by atoms with E-state index in [4.69, 9.17) is 10.4 Å². The summed E-state index contributed by atoms with van der Waals surface area (Å²) in [5, 5.41) is 17.2. The number of aliphatic hydroxyl groups excluding tert-OH is 1. The van der Waals surface area contributed by atoms with E-state index in [0.717, 1.165) is 5.56 Å². The Balaban J connectivity index is 2.74. The standard InChI is InChI=1S/C15H17FN2O/c1-18(9-4-8-17)12-13-6-7-15(16)14(11-13)5-2-3-10-19/h6-7,11,19H,3-4,9-10,12H2,1H3. The molecule has 100 valence electrons. The van der Waals surface area contributed by atoms with E-state index in [0.29, 0.717) is 31.5 Å². The summed E-state index contributed by atoms with van der Waals surface area (Å²) in [6.07, 6.45) is 0.812. The van der Waals surface area contributed by atoms with Gasteiger partial charge in [0, 0.05) is 25.9 Å². The first-order valence-corrected chi connectivity index (χ1v) is 6.11. The van der Waals surface area contributed by atoms with E-state index < -0.39 is 0 Å². The van der Waals surface area contributed by atoms with Crippen molar-refractivity contribution >= 4 is 0 Å². The van der Waals surface area contributed by atoms with Gasteiger partial charge in [-0.15, -0.1) is 0 Å². The quantitative estimate of drug-likeness (QED) is 0.823. The molecular formula is C15H17FN2O. The normalized spacial score (nSPS) is 9.84. The zero-order valence-corrected chi connectivity index (χ0v) is 11.0. The highest BCUT2D eigenvalue weighted by molar-refractivity contribution is 5.38. The molecule has 0 aliphatic carbocycles. The van der Waals surface area contributed by atoms with Crippen molar-refractivity contribution in [2.45, 2.75) is 19.4 Å². The Morgan fingerprint density at radius 2 is 2.16 bits per heavy atom. The highest BCUT2D eigenvalue weighted by Gasteiger charge is 2.04. The summed E-state index contributed by atoms with van der Waals surface area (Å²) >= 11 is 0. The Kier molecular flexibility index (Phi) is 6.60. The molecular weight excluding hydrogens is 243 g/mol. The molecule has 1 aromatic rings. The smallest absolute Gasteiger partial charge is 0.138 e. The minimum atomic E-state index is -0.353. The highest BCUT2D eigenvalue weighted by Crippen LogP contribution is 2.11. The van der Waals surface area contributed by atoms with Crippen LogP contribution in [0.4, 0.5) is 4.39 Å². The van der Waals surface area contributed by atoms with Gasteiger partial charge >= 0.3 is 0 Å². The van der Waals surface area contributed by atoms with Crippen LogP contribution < -0.4 is 0 Å². The van der Waals surface area contributed by atoms with Gasteiger partial charge in [0.1, 0.15) is 5.82 Å². The van der Waals surface area contributed by atoms with Crippen LogP contribution in [-0.2, 0) is 6.54 Å². The minimum Gasteiger partial charge on any atom is -0.395 e. The van der Waals surface area contributed by atoms with Gasteiger partial charge in [-0.1, -0.05) is 17.9 Å². The van der Waals surface area contributed by atoms with E-state index in [1.807, 2.05) is 11.9 Å². The lowest BCUT2D eigenvalue weighted by Crippen LogP contribution is -2.18. The Labute approximate surface area is 113 Å². The SMILES string of the molecule is CN(CCC#N)Cc1ccc(F)c(C#CCCO)c1. The maximum atomic E-state index is 13.5. The molecule has 4 heteroatoms. The largest absolute Gasteiger partial charge is 0.395 e. The Morgan fingerprint density at radius 3 is 2.84 bits per heavy atom. The van der Waals surface area contributed by atoms with Gasteiger partial charge in [0.15, 0.2) is 0 Å². The van der Waals surface area contributed by atoms with Gasteiger partial charge in [0.05, 0.1) is 18.2 Å². The molecule has 1 rings (SSSR count). The van der Waals surface area contributed by atoms with Crippen molar-refractivity contribution in [1.82, 2.24) is 4.90 Å². The fourth-order valence-corrected chi connectivity index (χ4v) is 1.61. The monoisotopic (exact) mass is 260 g/mol. The van der Waals surface area contributed by atoms with Gasteiger partial charge in [0.2, 0.25) is 0 Å². The Morgan fingerprint density at radius 1 is 1.37 bits per heavy atom. The molecule has 1 N–H and O–H groups in total. The molecule has 19 heavy (non-hydrogen) atoms. The zero-order chi connectivity index (χ0) is 14.1. The first-order chi connectivity index (χ1) is 9.17. The van der Waals surface area contributed by atoms with Gasteiger partial charge in [-0.3, -0.25) is 0 Å². The van der Waals surface area contributed by atoms with Crippen molar-refractivity contribution in [1.29, 1.82) is 5.26 Å². The van der Waals surface area contributed by atoms with Crippen molar-refractivity contribution < 1.29 is 9.50 Å². The lowest BCUT2D eigenvalue weighted by molar-refractivity contribution is 0.305. The first kappa shape index (κ1) is 15.2. The molecule has 0 atom stereocenters. The van der Waals surface area contributed by atoms with Crippen LogP contribution in [0.3, 0.4) is 0 Å². The molecule has 0 aliphatic heterocycles. The van der Waals surface area contributed by atoms with E-state index in [9.17, 15) is 4.39 Å². The molecule has 0 heterocycles. The molecule has 0 bridgehead atoms. The molecule has 0 fully saturated rings. The van der Waals surface area contributed by atoms with Gasteiger partial charge in [0.25, 0.3) is 0 Å². The highest BCUT2D eigenvalue weighted by atomic mass is 19.1. The van der Waals surface area contributed by atoms with Crippen LogP contribution in [0, 0.1) is 29.0 Å². The minimum absolute atomic E-state index is 0.0226. The van der Waals surface area contributed by atoms with Gasteiger partial charge in [-0.25, -0.2) is 4.39 Å². The van der Waals surface area contributed by atoms with E-state index in [-0.39, 0.29) is 12.4 Å². The molecule has 1 aromatic carbocycles. The van der Waals surface area contributed by atoms with Crippen LogP contribution >= 0.6 is 0 Å². The van der Waals surface area contributed by atoms with Crippen LogP contribution in [0.2, 0.25) is 0 Å². The lowest BCUT2D eigenvalue weighted by atomic mass is 10.1. The zero-order valence-electron chi connectivity index (χ0n) is 11.0. The van der Waals surface area contributed by atoms with Crippen molar-refractivity contribution in [2.75, 3.05) is 20.2 Å². The van der Waals surface area contributed by atoms with Crippen LogP contribution in [0.5, 0.6) is 0 Å². The van der Waals surface area contributed by atoms with E-state index in [2.05, 4.69) is 17.9 Å². The maximum absolute atomic E-state index is 13.5. The molecule has 0 radical (unpaired) electrons. The molecule has 3 nitrogen and oxygen atoms in total. The van der Waals surface area contributed by atoms with Crippen LogP contribution in [0.15, 0.2) is 18.2 Å². The average molecular weight is 260 g/mol. The van der Waals surface area contributed by atoms with Gasteiger partial charge in [-0.05, 0) is 24.7 Å². The predicted octanol–water partition coefficient (Wildman–Crippen LogP) is 1.91. The molecule has 0 saturated heterocycles. The third kappa shape index (κ3) is 5.52. The topological polar surface area (TPSA) is 47.3 Å². The number of hydrogen-bond donors (Lipinski definition) is 1. The van der Waals surface area contributed by atoms with Gasteiger partial charge in [-0.2, -0.15) is 5.26 Å². The summed E-state index contributed by atoms with van der Waals surface area (Å²) in [5.74, 6) is 5.07. The number of halogens is 1. The fourth-order valence-electron chi connectivity index (χ4n) is 1.61. The third-order valence-electron chi connectivity index (χ3n) is 2.55. The number of nitriles is 1. The first-order valence-electron chi connectivity index (χ1n) is 6.11. The lowest BCUT2D eigenvalue weighted by Gasteiger charge is -2.15. The summed E-state index contributed by atoms with van der Waals surface area (Å²) in [5.41, 5.74) is 1.30. The predicted molar refractivity (Wildman–Crippen MR) is 71.5 cm³/mol. The number of benzene rings is 1.